The van der Waals surface area contributed by atoms with Gasteiger partial charge in [-0.2, -0.15) is 0 Å². The molecule has 0 aliphatic rings. The number of hydrogen-bond acceptors (Lipinski definition) is 5. The second kappa shape index (κ2) is 19.1. The van der Waals surface area contributed by atoms with E-state index in [1.807, 2.05) is 0 Å². The molecule has 0 aromatic heterocycles. The summed E-state index contributed by atoms with van der Waals surface area (Å²) in [6.45, 7) is 19.8. The first-order valence-electron chi connectivity index (χ1n) is 11.1. The predicted molar refractivity (Wildman–Crippen MR) is 116 cm³/mol. The van der Waals surface area contributed by atoms with E-state index in [0.29, 0.717) is 38.5 Å². The first-order valence-corrected chi connectivity index (χ1v) is 11.1. The SMILES string of the molecule is CC(C)CC(C)NCCCOCCOCCOCCCNC(C)CC(C)C. The van der Waals surface area contributed by atoms with Gasteiger partial charge in [-0.3, -0.25) is 0 Å². The van der Waals surface area contributed by atoms with Gasteiger partial charge in [0.1, 0.15) is 0 Å². The fraction of sp³-hybridized carbons (Fsp3) is 1.00. The van der Waals surface area contributed by atoms with Crippen LogP contribution in [0.1, 0.15) is 67.2 Å². The number of rotatable bonds is 20. The van der Waals surface area contributed by atoms with Crippen molar-refractivity contribution in [2.24, 2.45) is 11.8 Å². The van der Waals surface area contributed by atoms with E-state index in [0.717, 1.165) is 51.0 Å². The third kappa shape index (κ3) is 22.0. The molecule has 0 heterocycles. The van der Waals surface area contributed by atoms with Gasteiger partial charge in [0.2, 0.25) is 0 Å². The Labute approximate surface area is 169 Å². The van der Waals surface area contributed by atoms with Crippen LogP contribution in [0.15, 0.2) is 0 Å². The van der Waals surface area contributed by atoms with E-state index >= 15 is 0 Å². The van der Waals surface area contributed by atoms with Crippen LogP contribution in [-0.2, 0) is 14.2 Å². The maximum atomic E-state index is 5.59. The fourth-order valence-electron chi connectivity index (χ4n) is 3.17. The minimum Gasteiger partial charge on any atom is -0.379 e. The molecule has 2 unspecified atom stereocenters. The summed E-state index contributed by atoms with van der Waals surface area (Å²) in [5.41, 5.74) is 0. The standard InChI is InChI=1S/C22H48N2O3/c1-19(2)17-21(5)23-9-7-11-25-13-15-27-16-14-26-12-8-10-24-22(6)18-20(3)4/h19-24H,7-18H2,1-6H3. The van der Waals surface area contributed by atoms with E-state index in [9.17, 15) is 0 Å². The Balaban J connectivity index is 3.15. The monoisotopic (exact) mass is 388 g/mol. The molecule has 0 amide bonds. The van der Waals surface area contributed by atoms with Gasteiger partial charge in [0.15, 0.2) is 0 Å². The summed E-state index contributed by atoms with van der Waals surface area (Å²) in [6.07, 6.45) is 4.56. The topological polar surface area (TPSA) is 51.8 Å². The molecule has 0 bridgehead atoms. The van der Waals surface area contributed by atoms with Crippen LogP contribution in [0, 0.1) is 11.8 Å². The summed E-state index contributed by atoms with van der Waals surface area (Å²) >= 11 is 0. The van der Waals surface area contributed by atoms with E-state index in [2.05, 4.69) is 52.2 Å². The van der Waals surface area contributed by atoms with Crippen molar-refractivity contribution < 1.29 is 14.2 Å². The van der Waals surface area contributed by atoms with Crippen molar-refractivity contribution >= 4 is 0 Å². The van der Waals surface area contributed by atoms with Gasteiger partial charge >= 0.3 is 0 Å². The van der Waals surface area contributed by atoms with Gasteiger partial charge in [-0.15, -0.1) is 0 Å². The summed E-state index contributed by atoms with van der Waals surface area (Å²) in [6, 6.07) is 1.18. The molecule has 2 atom stereocenters. The molecule has 0 radical (unpaired) electrons. The van der Waals surface area contributed by atoms with Gasteiger partial charge < -0.3 is 24.8 Å². The van der Waals surface area contributed by atoms with Crippen LogP contribution in [-0.4, -0.2) is 64.8 Å². The minimum absolute atomic E-state index is 0.590. The Morgan fingerprint density at radius 2 is 0.852 bits per heavy atom. The molecule has 5 nitrogen and oxygen atoms in total. The predicted octanol–water partition coefficient (Wildman–Crippen LogP) is 3.86. The molecule has 0 rings (SSSR count). The lowest BCUT2D eigenvalue weighted by molar-refractivity contribution is 0.0137. The average Bonchev–Trinajstić information content (AvgIpc) is 2.57. The van der Waals surface area contributed by atoms with Crippen LogP contribution in [0.25, 0.3) is 0 Å². The van der Waals surface area contributed by atoms with Crippen molar-refractivity contribution in [2.75, 3.05) is 52.7 Å². The maximum absolute atomic E-state index is 5.59. The number of hydrogen-bond donors (Lipinski definition) is 2. The third-order valence-electron chi connectivity index (χ3n) is 4.31. The normalized spacial score (nSPS) is 14.2. The lowest BCUT2D eigenvalue weighted by atomic mass is 10.1. The van der Waals surface area contributed by atoms with Gasteiger partial charge in [-0.1, -0.05) is 27.7 Å². The molecule has 0 fully saturated rings. The summed E-state index contributed by atoms with van der Waals surface area (Å²) < 4.78 is 16.7. The highest BCUT2D eigenvalue weighted by Crippen LogP contribution is 2.04. The molecule has 0 saturated heterocycles. The summed E-state index contributed by atoms with van der Waals surface area (Å²) in [5, 5.41) is 7.07. The van der Waals surface area contributed by atoms with Gasteiger partial charge in [-0.25, -0.2) is 0 Å². The highest BCUT2D eigenvalue weighted by atomic mass is 16.5. The fourth-order valence-corrected chi connectivity index (χ4v) is 3.17. The van der Waals surface area contributed by atoms with E-state index in [4.69, 9.17) is 14.2 Å². The zero-order valence-electron chi connectivity index (χ0n) is 19.0. The maximum Gasteiger partial charge on any atom is 0.0701 e. The van der Waals surface area contributed by atoms with Crippen LogP contribution in [0.2, 0.25) is 0 Å². The zero-order valence-corrected chi connectivity index (χ0v) is 19.0. The van der Waals surface area contributed by atoms with Crippen LogP contribution in [0.3, 0.4) is 0 Å². The zero-order chi connectivity index (χ0) is 20.3. The second-order valence-electron chi connectivity index (χ2n) is 8.51. The Morgan fingerprint density at radius 3 is 1.19 bits per heavy atom. The molecule has 5 heteroatoms. The van der Waals surface area contributed by atoms with Crippen molar-refractivity contribution in [3.8, 4) is 0 Å². The molecule has 0 aromatic carbocycles. The molecule has 2 N–H and O–H groups in total. The van der Waals surface area contributed by atoms with Gasteiger partial charge in [0.05, 0.1) is 26.4 Å². The molecule has 0 saturated carbocycles. The first kappa shape index (κ1) is 26.8. The quantitative estimate of drug-likeness (QED) is 0.310. The van der Waals surface area contributed by atoms with Crippen LogP contribution in [0.5, 0.6) is 0 Å². The van der Waals surface area contributed by atoms with Gasteiger partial charge in [0, 0.05) is 25.3 Å². The average molecular weight is 389 g/mol. The summed E-state index contributed by atoms with van der Waals surface area (Å²) in [7, 11) is 0. The van der Waals surface area contributed by atoms with Crippen LogP contribution >= 0.6 is 0 Å². The first-order chi connectivity index (χ1) is 12.9. The Hall–Kier alpha value is -0.200. The molecule has 0 aromatic rings. The molecular weight excluding hydrogens is 340 g/mol. The lowest BCUT2D eigenvalue weighted by Crippen LogP contribution is -2.29. The van der Waals surface area contributed by atoms with Crippen molar-refractivity contribution in [1.82, 2.24) is 10.6 Å². The molecule has 27 heavy (non-hydrogen) atoms. The van der Waals surface area contributed by atoms with Crippen molar-refractivity contribution in [2.45, 2.75) is 79.3 Å². The smallest absolute Gasteiger partial charge is 0.0701 e. The van der Waals surface area contributed by atoms with Gasteiger partial charge in [-0.05, 0) is 64.5 Å². The molecule has 0 aliphatic carbocycles. The molecule has 0 aliphatic heterocycles. The molecule has 0 spiro atoms. The van der Waals surface area contributed by atoms with E-state index in [-0.39, 0.29) is 0 Å². The van der Waals surface area contributed by atoms with Crippen LogP contribution < -0.4 is 10.6 Å². The largest absolute Gasteiger partial charge is 0.379 e. The minimum atomic E-state index is 0.590. The number of nitrogens with one attached hydrogen (secondary N) is 2. The third-order valence-corrected chi connectivity index (χ3v) is 4.31. The van der Waals surface area contributed by atoms with E-state index < -0.39 is 0 Å². The van der Waals surface area contributed by atoms with Crippen LogP contribution in [0.4, 0.5) is 0 Å². The Kier molecular flexibility index (Phi) is 19.0. The highest BCUT2D eigenvalue weighted by molar-refractivity contribution is 4.63. The van der Waals surface area contributed by atoms with Crippen molar-refractivity contribution in [3.05, 3.63) is 0 Å². The molecule has 164 valence electrons. The van der Waals surface area contributed by atoms with Crippen molar-refractivity contribution in [1.29, 1.82) is 0 Å². The summed E-state index contributed by atoms with van der Waals surface area (Å²) in [4.78, 5) is 0. The highest BCUT2D eigenvalue weighted by Gasteiger charge is 2.04. The second-order valence-corrected chi connectivity index (χ2v) is 8.51. The number of ether oxygens (including phenoxy) is 3. The van der Waals surface area contributed by atoms with E-state index in [1.165, 1.54) is 12.8 Å². The Bertz CT molecular complexity index is 273. The lowest BCUT2D eigenvalue weighted by Gasteiger charge is -2.15. The van der Waals surface area contributed by atoms with Crippen molar-refractivity contribution in [3.63, 3.8) is 0 Å². The molecular formula is C22H48N2O3. The van der Waals surface area contributed by atoms with E-state index in [1.54, 1.807) is 0 Å². The van der Waals surface area contributed by atoms with Gasteiger partial charge in [0.25, 0.3) is 0 Å². The Morgan fingerprint density at radius 1 is 0.519 bits per heavy atom. The summed E-state index contributed by atoms with van der Waals surface area (Å²) in [5.74, 6) is 1.50.